The Hall–Kier alpha value is -2.67. The molecule has 2 aromatic heterocycles. The van der Waals surface area contributed by atoms with E-state index in [0.29, 0.717) is 12.6 Å². The maximum atomic E-state index is 5.47. The van der Waals surface area contributed by atoms with Crippen LogP contribution < -0.4 is 9.80 Å². The van der Waals surface area contributed by atoms with Crippen molar-refractivity contribution in [3.63, 3.8) is 0 Å². The molecule has 0 unspecified atom stereocenters. The molecule has 0 saturated carbocycles. The number of furan rings is 1. The summed E-state index contributed by atoms with van der Waals surface area (Å²) in [4.78, 5) is 4.07. The molecule has 0 amide bonds. The van der Waals surface area contributed by atoms with E-state index in [4.69, 9.17) is 4.42 Å². The van der Waals surface area contributed by atoms with Crippen molar-refractivity contribution >= 4 is 5.69 Å². The molecular weight excluding hydrogens is 352 g/mol. The fourth-order valence-corrected chi connectivity index (χ4v) is 4.24. The second-order valence-electron chi connectivity index (χ2n) is 7.60. The summed E-state index contributed by atoms with van der Waals surface area (Å²) < 4.78 is 7.36. The van der Waals surface area contributed by atoms with Crippen molar-refractivity contribution in [1.82, 2.24) is 20.2 Å². The van der Waals surface area contributed by atoms with Crippen molar-refractivity contribution in [2.45, 2.75) is 39.8 Å². The summed E-state index contributed by atoms with van der Waals surface area (Å²) in [6.07, 6.45) is 2.70. The number of aryl methyl sites for hydroxylation is 1. The number of rotatable bonds is 6. The molecule has 1 aromatic carbocycles. The molecule has 4 rings (SSSR count). The second kappa shape index (κ2) is 8.14. The predicted molar refractivity (Wildman–Crippen MR) is 107 cm³/mol. The third-order valence-electron chi connectivity index (χ3n) is 5.98. The summed E-state index contributed by atoms with van der Waals surface area (Å²) >= 11 is 0. The van der Waals surface area contributed by atoms with Gasteiger partial charge in [0.15, 0.2) is 0 Å². The molecule has 1 N–H and O–H groups in total. The minimum atomic E-state index is 0.297. The molecular formula is C21H29N6O+. The SMILES string of the molecule is CC[C@H](c1nnnn1Cc1ccco1)[NH+]1CCN(c2cccc(C)c2C)CC1. The van der Waals surface area contributed by atoms with Gasteiger partial charge in [0.1, 0.15) is 18.3 Å². The van der Waals surface area contributed by atoms with Crippen molar-refractivity contribution in [1.29, 1.82) is 0 Å². The Morgan fingerprint density at radius 2 is 1.96 bits per heavy atom. The minimum Gasteiger partial charge on any atom is -0.467 e. The molecule has 0 bridgehead atoms. The Kier molecular flexibility index (Phi) is 5.43. The number of tetrazole rings is 1. The van der Waals surface area contributed by atoms with Crippen molar-refractivity contribution in [3.05, 3.63) is 59.3 Å². The van der Waals surface area contributed by atoms with Gasteiger partial charge in [-0.05, 0) is 53.6 Å². The lowest BCUT2D eigenvalue weighted by molar-refractivity contribution is -0.933. The van der Waals surface area contributed by atoms with Crippen LogP contribution in [-0.4, -0.2) is 46.4 Å². The predicted octanol–water partition coefficient (Wildman–Crippen LogP) is 1.79. The summed E-state index contributed by atoms with van der Waals surface area (Å²) in [5, 5.41) is 12.5. The first-order valence-corrected chi connectivity index (χ1v) is 10.1. The topological polar surface area (TPSA) is 64.4 Å². The molecule has 0 radical (unpaired) electrons. The maximum Gasteiger partial charge on any atom is 0.209 e. The summed E-state index contributed by atoms with van der Waals surface area (Å²) in [6, 6.07) is 10.7. The molecule has 1 aliphatic rings. The van der Waals surface area contributed by atoms with E-state index in [2.05, 4.69) is 59.4 Å². The van der Waals surface area contributed by atoms with Crippen LogP contribution >= 0.6 is 0 Å². The molecule has 0 spiro atoms. The van der Waals surface area contributed by atoms with E-state index in [-0.39, 0.29) is 0 Å². The third-order valence-corrected chi connectivity index (χ3v) is 5.98. The average molecular weight is 382 g/mol. The molecule has 1 atom stereocenters. The first kappa shape index (κ1) is 18.7. The first-order chi connectivity index (χ1) is 13.7. The molecule has 3 aromatic rings. The van der Waals surface area contributed by atoms with Gasteiger partial charge in [-0.1, -0.05) is 19.1 Å². The van der Waals surface area contributed by atoms with Gasteiger partial charge in [0, 0.05) is 12.1 Å². The van der Waals surface area contributed by atoms with Gasteiger partial charge >= 0.3 is 0 Å². The first-order valence-electron chi connectivity index (χ1n) is 10.1. The van der Waals surface area contributed by atoms with Crippen LogP contribution in [0.25, 0.3) is 0 Å². The smallest absolute Gasteiger partial charge is 0.209 e. The van der Waals surface area contributed by atoms with Gasteiger partial charge < -0.3 is 14.2 Å². The highest BCUT2D eigenvalue weighted by molar-refractivity contribution is 5.56. The highest BCUT2D eigenvalue weighted by Gasteiger charge is 2.32. The number of benzene rings is 1. The van der Waals surface area contributed by atoms with Gasteiger partial charge in [0.05, 0.1) is 32.4 Å². The lowest BCUT2D eigenvalue weighted by atomic mass is 10.1. The monoisotopic (exact) mass is 381 g/mol. The van der Waals surface area contributed by atoms with E-state index >= 15 is 0 Å². The second-order valence-corrected chi connectivity index (χ2v) is 7.60. The summed E-state index contributed by atoms with van der Waals surface area (Å²) in [5.41, 5.74) is 4.12. The van der Waals surface area contributed by atoms with E-state index in [0.717, 1.165) is 44.2 Å². The van der Waals surface area contributed by atoms with Gasteiger partial charge in [-0.15, -0.1) is 5.10 Å². The normalized spacial score (nSPS) is 16.5. The number of quaternary nitrogens is 1. The van der Waals surface area contributed by atoms with E-state index in [9.17, 15) is 0 Å². The molecule has 28 heavy (non-hydrogen) atoms. The Bertz CT molecular complexity index is 896. The number of hydrogen-bond donors (Lipinski definition) is 1. The van der Waals surface area contributed by atoms with Gasteiger partial charge in [-0.25, -0.2) is 4.68 Å². The molecule has 1 fully saturated rings. The molecule has 3 heterocycles. The van der Waals surface area contributed by atoms with Gasteiger partial charge in [0.25, 0.3) is 0 Å². The van der Waals surface area contributed by atoms with E-state index in [1.807, 2.05) is 16.8 Å². The van der Waals surface area contributed by atoms with Crippen LogP contribution in [0.15, 0.2) is 41.0 Å². The number of piperazine rings is 1. The van der Waals surface area contributed by atoms with E-state index in [1.165, 1.54) is 16.8 Å². The Balaban J connectivity index is 1.46. The molecule has 7 heteroatoms. The highest BCUT2D eigenvalue weighted by Crippen LogP contribution is 2.23. The van der Waals surface area contributed by atoms with Crippen LogP contribution in [-0.2, 0) is 6.54 Å². The molecule has 7 nitrogen and oxygen atoms in total. The number of aromatic nitrogens is 4. The Morgan fingerprint density at radius 3 is 2.68 bits per heavy atom. The van der Waals surface area contributed by atoms with Gasteiger partial charge in [0.2, 0.25) is 5.82 Å². The number of nitrogens with zero attached hydrogens (tertiary/aromatic N) is 5. The molecule has 148 valence electrons. The molecule has 1 aliphatic heterocycles. The van der Waals surface area contributed by atoms with Crippen molar-refractivity contribution in [2.24, 2.45) is 0 Å². The Labute approximate surface area is 165 Å². The van der Waals surface area contributed by atoms with Crippen LogP contribution in [0, 0.1) is 13.8 Å². The lowest BCUT2D eigenvalue weighted by Crippen LogP contribution is -3.15. The van der Waals surface area contributed by atoms with Crippen molar-refractivity contribution in [3.8, 4) is 0 Å². The fraction of sp³-hybridized carbons (Fsp3) is 0.476. The van der Waals surface area contributed by atoms with E-state index in [1.54, 1.807) is 11.2 Å². The number of nitrogens with one attached hydrogen (secondary N) is 1. The largest absolute Gasteiger partial charge is 0.467 e. The van der Waals surface area contributed by atoms with Gasteiger partial charge in [-0.2, -0.15) is 0 Å². The van der Waals surface area contributed by atoms with Crippen LogP contribution in [0.2, 0.25) is 0 Å². The number of anilines is 1. The minimum absolute atomic E-state index is 0.297. The van der Waals surface area contributed by atoms with Crippen molar-refractivity contribution < 1.29 is 9.32 Å². The summed E-state index contributed by atoms with van der Waals surface area (Å²) in [6.45, 7) is 11.5. The quantitative estimate of drug-likeness (QED) is 0.705. The average Bonchev–Trinajstić information content (AvgIpc) is 3.38. The van der Waals surface area contributed by atoms with Crippen LogP contribution in [0.4, 0.5) is 5.69 Å². The lowest BCUT2D eigenvalue weighted by Gasteiger charge is -2.37. The molecule has 0 aliphatic carbocycles. The zero-order valence-corrected chi connectivity index (χ0v) is 16.9. The van der Waals surface area contributed by atoms with Crippen molar-refractivity contribution in [2.75, 3.05) is 31.1 Å². The standard InChI is InChI=1S/C21H28N6O/c1-4-19(21-22-23-24-27(21)15-18-8-6-14-28-18)25-10-12-26(13-11-25)20-9-5-7-16(2)17(20)3/h5-9,14,19H,4,10-13,15H2,1-3H3/p+1/t19-/m1/s1. The highest BCUT2D eigenvalue weighted by atomic mass is 16.3. The maximum absolute atomic E-state index is 5.47. The van der Waals surface area contributed by atoms with Crippen LogP contribution in [0.1, 0.15) is 42.1 Å². The van der Waals surface area contributed by atoms with Gasteiger partial charge in [-0.3, -0.25) is 0 Å². The molecule has 1 saturated heterocycles. The summed E-state index contributed by atoms with van der Waals surface area (Å²) in [5.74, 6) is 1.83. The van der Waals surface area contributed by atoms with Crippen LogP contribution in [0.5, 0.6) is 0 Å². The number of hydrogen-bond acceptors (Lipinski definition) is 5. The fourth-order valence-electron chi connectivity index (χ4n) is 4.24. The van der Waals surface area contributed by atoms with E-state index < -0.39 is 0 Å². The zero-order chi connectivity index (χ0) is 19.5. The summed E-state index contributed by atoms with van der Waals surface area (Å²) in [7, 11) is 0. The van der Waals surface area contributed by atoms with Crippen LogP contribution in [0.3, 0.4) is 0 Å². The Morgan fingerprint density at radius 1 is 1.14 bits per heavy atom. The zero-order valence-electron chi connectivity index (χ0n) is 16.9. The third kappa shape index (κ3) is 3.67.